The van der Waals surface area contributed by atoms with Crippen molar-refractivity contribution < 1.29 is 4.79 Å². The quantitative estimate of drug-likeness (QED) is 0.695. The maximum Gasteiger partial charge on any atom is 0.220 e. The molecular formula is C12H12N2O. The van der Waals surface area contributed by atoms with E-state index in [-0.39, 0.29) is 5.91 Å². The van der Waals surface area contributed by atoms with Crippen molar-refractivity contribution in [1.82, 2.24) is 0 Å². The molecule has 1 amide bonds. The Morgan fingerprint density at radius 1 is 1.40 bits per heavy atom. The number of benzene rings is 1. The first-order chi connectivity index (χ1) is 7.20. The first-order valence-corrected chi connectivity index (χ1v) is 5.01. The van der Waals surface area contributed by atoms with E-state index < -0.39 is 0 Å². The highest BCUT2D eigenvalue weighted by Crippen LogP contribution is 2.33. The molecule has 0 unspecified atom stereocenters. The van der Waals surface area contributed by atoms with Crippen molar-refractivity contribution in [2.24, 2.45) is 0 Å². The van der Waals surface area contributed by atoms with Gasteiger partial charge in [-0.1, -0.05) is 11.6 Å². The summed E-state index contributed by atoms with van der Waals surface area (Å²) in [7, 11) is 0. The molecule has 76 valence electrons. The van der Waals surface area contributed by atoms with Crippen LogP contribution >= 0.6 is 0 Å². The molecule has 0 saturated carbocycles. The number of aryl methyl sites for hydroxylation is 2. The molecule has 2 rings (SSSR count). The lowest BCUT2D eigenvalue weighted by Crippen LogP contribution is -2.06. The monoisotopic (exact) mass is 200 g/mol. The molecule has 0 aromatic heterocycles. The van der Waals surface area contributed by atoms with Crippen LogP contribution < -0.4 is 5.32 Å². The molecule has 1 N–H and O–H groups in total. The van der Waals surface area contributed by atoms with Gasteiger partial charge in [0.1, 0.15) is 0 Å². The minimum Gasteiger partial charge on any atom is -0.336 e. The van der Waals surface area contributed by atoms with Crippen LogP contribution in [0, 0.1) is 6.57 Å². The number of amides is 1. The lowest BCUT2D eigenvalue weighted by Gasteiger charge is -2.08. The van der Waals surface area contributed by atoms with Crippen molar-refractivity contribution in [1.29, 1.82) is 0 Å². The molecule has 1 aromatic carbocycles. The smallest absolute Gasteiger partial charge is 0.220 e. The molecule has 1 aromatic rings. The van der Waals surface area contributed by atoms with Gasteiger partial charge in [0, 0.05) is 12.6 Å². The van der Waals surface area contributed by atoms with Crippen molar-refractivity contribution in [3.63, 3.8) is 0 Å². The summed E-state index contributed by atoms with van der Waals surface area (Å²) in [5.41, 5.74) is 3.73. The van der Waals surface area contributed by atoms with Gasteiger partial charge < -0.3 is 5.32 Å². The van der Waals surface area contributed by atoms with Gasteiger partial charge in [-0.15, -0.1) is 0 Å². The number of anilines is 1. The molecule has 3 nitrogen and oxygen atoms in total. The normalized spacial score (nSPS) is 13.1. The number of hydrogen-bond acceptors (Lipinski definition) is 1. The molecule has 15 heavy (non-hydrogen) atoms. The maximum absolute atomic E-state index is 11.0. The Bertz CT molecular complexity index is 457. The number of carbonyl (C=O) groups is 1. The Morgan fingerprint density at radius 3 is 2.67 bits per heavy atom. The Morgan fingerprint density at radius 2 is 2.07 bits per heavy atom. The number of hydrogen-bond donors (Lipinski definition) is 1. The molecule has 0 radical (unpaired) electrons. The molecule has 0 heterocycles. The van der Waals surface area contributed by atoms with Crippen molar-refractivity contribution in [2.45, 2.75) is 26.2 Å². The fraction of sp³-hybridized carbons (Fsp3) is 0.333. The van der Waals surface area contributed by atoms with E-state index in [9.17, 15) is 4.79 Å². The second-order valence-corrected chi connectivity index (χ2v) is 3.78. The Balaban J connectivity index is 2.45. The van der Waals surface area contributed by atoms with Gasteiger partial charge in [-0.05, 0) is 30.9 Å². The second kappa shape index (κ2) is 3.74. The molecule has 1 aliphatic carbocycles. The summed E-state index contributed by atoms with van der Waals surface area (Å²) in [4.78, 5) is 14.4. The van der Waals surface area contributed by atoms with Gasteiger partial charge in [-0.3, -0.25) is 4.79 Å². The summed E-state index contributed by atoms with van der Waals surface area (Å²) in [6.07, 6.45) is 3.26. The summed E-state index contributed by atoms with van der Waals surface area (Å²) >= 11 is 0. The van der Waals surface area contributed by atoms with E-state index in [2.05, 4.69) is 10.2 Å². The summed E-state index contributed by atoms with van der Waals surface area (Å²) < 4.78 is 0. The number of rotatable bonds is 1. The van der Waals surface area contributed by atoms with E-state index in [1.54, 1.807) is 0 Å². The highest BCUT2D eigenvalue weighted by atomic mass is 16.1. The third-order valence-corrected chi connectivity index (χ3v) is 2.64. The lowest BCUT2D eigenvalue weighted by atomic mass is 10.1. The van der Waals surface area contributed by atoms with Gasteiger partial charge in [-0.25, -0.2) is 4.85 Å². The standard InChI is InChI=1S/C12H12N2O/c1-8(15)14-12-7-10-5-3-4-9(10)6-11(12)13-2/h6-7H,3-5H2,1H3,(H,14,15). The molecule has 3 heteroatoms. The van der Waals surface area contributed by atoms with Crippen LogP contribution in [-0.4, -0.2) is 5.91 Å². The zero-order chi connectivity index (χ0) is 10.8. The molecule has 0 bridgehead atoms. The molecule has 0 saturated heterocycles. The van der Waals surface area contributed by atoms with Crippen molar-refractivity contribution >= 4 is 17.3 Å². The lowest BCUT2D eigenvalue weighted by molar-refractivity contribution is -0.114. The third kappa shape index (κ3) is 1.84. The fourth-order valence-corrected chi connectivity index (χ4v) is 1.99. The third-order valence-electron chi connectivity index (χ3n) is 2.64. The minimum atomic E-state index is -0.127. The average molecular weight is 200 g/mol. The van der Waals surface area contributed by atoms with Crippen molar-refractivity contribution in [3.05, 3.63) is 34.7 Å². The van der Waals surface area contributed by atoms with Crippen LogP contribution in [0.15, 0.2) is 12.1 Å². The van der Waals surface area contributed by atoms with Crippen LogP contribution in [0.3, 0.4) is 0 Å². The molecule has 0 aliphatic heterocycles. The Hall–Kier alpha value is -1.82. The molecular weight excluding hydrogens is 188 g/mol. The topological polar surface area (TPSA) is 33.5 Å². The van der Waals surface area contributed by atoms with Crippen molar-refractivity contribution in [3.8, 4) is 0 Å². The van der Waals surface area contributed by atoms with E-state index in [0.717, 1.165) is 19.3 Å². The van der Waals surface area contributed by atoms with Crippen molar-refractivity contribution in [2.75, 3.05) is 5.32 Å². The van der Waals surface area contributed by atoms with Gasteiger partial charge in [0.15, 0.2) is 0 Å². The SMILES string of the molecule is [C-]#[N+]c1cc2c(cc1NC(C)=O)CCC2. The number of nitrogens with zero attached hydrogens (tertiary/aromatic N) is 1. The molecule has 0 atom stereocenters. The fourth-order valence-electron chi connectivity index (χ4n) is 1.99. The van der Waals surface area contributed by atoms with Crippen LogP contribution in [-0.2, 0) is 17.6 Å². The van der Waals surface area contributed by atoms with Gasteiger partial charge in [-0.2, -0.15) is 0 Å². The molecule has 0 spiro atoms. The average Bonchev–Trinajstić information content (AvgIpc) is 2.62. The first-order valence-electron chi connectivity index (χ1n) is 5.01. The Labute approximate surface area is 88.9 Å². The predicted molar refractivity (Wildman–Crippen MR) is 59.0 cm³/mol. The predicted octanol–water partition coefficient (Wildman–Crippen LogP) is 2.68. The number of carbonyl (C=O) groups excluding carboxylic acids is 1. The highest BCUT2D eigenvalue weighted by Gasteiger charge is 2.14. The van der Waals surface area contributed by atoms with E-state index in [1.165, 1.54) is 18.1 Å². The van der Waals surface area contributed by atoms with Crippen LogP contribution in [0.1, 0.15) is 24.5 Å². The Kier molecular flexibility index (Phi) is 2.42. The van der Waals surface area contributed by atoms with Crippen LogP contribution in [0.2, 0.25) is 0 Å². The van der Waals surface area contributed by atoms with Crippen LogP contribution in [0.4, 0.5) is 11.4 Å². The van der Waals surface area contributed by atoms with Gasteiger partial charge in [0.05, 0.1) is 6.57 Å². The first kappa shape index (κ1) is 9.72. The largest absolute Gasteiger partial charge is 0.336 e. The zero-order valence-corrected chi connectivity index (χ0v) is 8.63. The van der Waals surface area contributed by atoms with Crippen LogP contribution in [0.25, 0.3) is 4.85 Å². The second-order valence-electron chi connectivity index (χ2n) is 3.78. The van der Waals surface area contributed by atoms with E-state index in [1.807, 2.05) is 12.1 Å². The highest BCUT2D eigenvalue weighted by molar-refractivity contribution is 5.93. The van der Waals surface area contributed by atoms with Gasteiger partial charge >= 0.3 is 0 Å². The van der Waals surface area contributed by atoms with E-state index in [0.29, 0.717) is 11.4 Å². The summed E-state index contributed by atoms with van der Waals surface area (Å²) in [5.74, 6) is -0.127. The molecule has 0 fully saturated rings. The van der Waals surface area contributed by atoms with E-state index in [4.69, 9.17) is 6.57 Å². The molecule has 1 aliphatic rings. The summed E-state index contributed by atoms with van der Waals surface area (Å²) in [6, 6.07) is 3.84. The zero-order valence-electron chi connectivity index (χ0n) is 8.63. The number of fused-ring (bicyclic) bond motifs is 1. The van der Waals surface area contributed by atoms with Crippen LogP contribution in [0.5, 0.6) is 0 Å². The summed E-state index contributed by atoms with van der Waals surface area (Å²) in [5, 5.41) is 2.70. The minimum absolute atomic E-state index is 0.127. The number of nitrogens with one attached hydrogen (secondary N) is 1. The van der Waals surface area contributed by atoms with E-state index >= 15 is 0 Å². The summed E-state index contributed by atoms with van der Waals surface area (Å²) in [6.45, 7) is 8.52. The van der Waals surface area contributed by atoms with Gasteiger partial charge in [0.25, 0.3) is 0 Å². The van der Waals surface area contributed by atoms with Gasteiger partial charge in [0.2, 0.25) is 11.6 Å². The maximum atomic E-state index is 11.0.